The number of hydrogen-bond acceptors (Lipinski definition) is 29. The second kappa shape index (κ2) is 104. The Morgan fingerprint density at radius 3 is 0.366 bits per heavy atom. The van der Waals surface area contributed by atoms with E-state index in [1.54, 1.807) is 0 Å². The first-order chi connectivity index (χ1) is 66.5. The third kappa shape index (κ3) is 143. The molecule has 0 aromatic heterocycles. The molecule has 0 aliphatic heterocycles. The first-order valence-corrected chi connectivity index (χ1v) is 53.9. The van der Waals surface area contributed by atoms with Crippen molar-refractivity contribution in [3.8, 4) is 0 Å². The van der Waals surface area contributed by atoms with Gasteiger partial charge in [0.15, 0.2) is 0 Å². The van der Waals surface area contributed by atoms with E-state index in [1.807, 2.05) is 104 Å². The molecular formula is C113H226O29. The number of ketones is 7. The van der Waals surface area contributed by atoms with E-state index in [4.69, 9.17) is 104 Å². The SMILES string of the molecule is CC(C)C(=O)CCOCCOCCC(C)(C)C.CC(C)C(=O)CCOCCOCCOCCC(C)(C)C.CC(C)C(=O)CCOCCOCCOCCOCCC(=O)C(C)(C)C.CC(C)C(=O)CCOCCOCCOCCOCCC(C)(C)C.CC(C)C(=O)CCOCCOCCOCCOCCC(C)(C)C.CC(C)CCOCCC(=O)C(C)C.CC(C)CCOCCOCCOCCOCCC(C)(C)C. The first-order valence-electron chi connectivity index (χ1n) is 53.9. The van der Waals surface area contributed by atoms with Crippen molar-refractivity contribution in [3.05, 3.63) is 0 Å². The molecule has 0 aliphatic carbocycles. The van der Waals surface area contributed by atoms with Gasteiger partial charge in [-0.15, -0.1) is 0 Å². The van der Waals surface area contributed by atoms with E-state index in [0.29, 0.717) is 334 Å². The number of carbonyl (C=O) groups excluding carboxylic acids is 7. The molecule has 0 atom stereocenters. The van der Waals surface area contributed by atoms with E-state index in [0.717, 1.165) is 91.2 Å². The second-order valence-corrected chi connectivity index (χ2v) is 45.0. The summed E-state index contributed by atoms with van der Waals surface area (Å²) in [6.07, 6.45) is 10.9. The van der Waals surface area contributed by atoms with Crippen LogP contribution in [-0.2, 0) is 138 Å². The average molecular weight is 2050 g/mol. The van der Waals surface area contributed by atoms with Crippen molar-refractivity contribution in [2.24, 2.45) is 79.8 Å². The van der Waals surface area contributed by atoms with E-state index >= 15 is 0 Å². The zero-order valence-corrected chi connectivity index (χ0v) is 98.0. The van der Waals surface area contributed by atoms with Gasteiger partial charge in [0.05, 0.1) is 244 Å². The molecule has 0 spiro atoms. The minimum Gasteiger partial charge on any atom is -0.381 e. The number of Topliss-reactive ketones (excluding diaryl/α,β-unsaturated/α-hetero) is 7. The minimum atomic E-state index is -0.301. The lowest BCUT2D eigenvalue weighted by atomic mass is 9.89. The molecule has 0 heterocycles. The number of ether oxygens (including phenoxy) is 22. The predicted octanol–water partition coefficient (Wildman–Crippen LogP) is 21.2. The van der Waals surface area contributed by atoms with Crippen LogP contribution in [0.4, 0.5) is 0 Å². The molecular weight excluding hydrogens is 1820 g/mol. The summed E-state index contributed by atoms with van der Waals surface area (Å²) in [4.78, 5) is 79.5. The monoisotopic (exact) mass is 2050 g/mol. The lowest BCUT2D eigenvalue weighted by Crippen LogP contribution is -2.22. The fourth-order valence-electron chi connectivity index (χ4n) is 9.85. The summed E-state index contributed by atoms with van der Waals surface area (Å²) in [6, 6.07) is 0. The second-order valence-electron chi connectivity index (χ2n) is 45.0. The Kier molecular flexibility index (Phi) is 111. The van der Waals surface area contributed by atoms with Crippen LogP contribution in [0.3, 0.4) is 0 Å². The molecule has 29 heteroatoms. The van der Waals surface area contributed by atoms with Crippen molar-refractivity contribution < 1.29 is 138 Å². The van der Waals surface area contributed by atoms with Crippen LogP contribution >= 0.6 is 0 Å². The van der Waals surface area contributed by atoms with Gasteiger partial charge in [0.1, 0.15) is 40.5 Å². The molecule has 0 N–H and O–H groups in total. The molecule has 0 saturated carbocycles. The summed E-state index contributed by atoms with van der Waals surface area (Å²) in [5.41, 5.74) is 1.32. The predicted molar refractivity (Wildman–Crippen MR) is 573 cm³/mol. The van der Waals surface area contributed by atoms with Crippen LogP contribution in [0.25, 0.3) is 0 Å². The van der Waals surface area contributed by atoms with Gasteiger partial charge in [-0.1, -0.05) is 235 Å². The molecule has 0 aliphatic rings. The number of carbonyl (C=O) groups is 7. The summed E-state index contributed by atoms with van der Waals surface area (Å²) in [5.74, 6) is 3.70. The highest BCUT2D eigenvalue weighted by Crippen LogP contribution is 2.22. The maximum atomic E-state index is 11.7. The quantitative estimate of drug-likeness (QED) is 0.0511. The molecule has 142 heavy (non-hydrogen) atoms. The van der Waals surface area contributed by atoms with Gasteiger partial charge < -0.3 is 104 Å². The molecule has 0 radical (unpaired) electrons. The van der Waals surface area contributed by atoms with Crippen LogP contribution in [-0.4, -0.2) is 331 Å². The molecule has 29 nitrogen and oxygen atoms in total. The topological polar surface area (TPSA) is 323 Å². The molecule has 0 fully saturated rings. The van der Waals surface area contributed by atoms with Crippen molar-refractivity contribution in [2.75, 3.05) is 291 Å². The Balaban J connectivity index is -0.000000302. The smallest absolute Gasteiger partial charge is 0.140 e. The molecule has 0 amide bonds. The number of rotatable bonds is 88. The summed E-state index contributed by atoms with van der Waals surface area (Å²) in [5, 5.41) is 0. The Morgan fingerprint density at radius 2 is 0.254 bits per heavy atom. The third-order valence-electron chi connectivity index (χ3n) is 20.4. The van der Waals surface area contributed by atoms with Gasteiger partial charge in [-0.25, -0.2) is 0 Å². The van der Waals surface area contributed by atoms with Crippen molar-refractivity contribution in [3.63, 3.8) is 0 Å². The Hall–Kier alpha value is -3.19. The van der Waals surface area contributed by atoms with Crippen molar-refractivity contribution >= 4 is 40.5 Å². The van der Waals surface area contributed by atoms with Crippen LogP contribution in [0.5, 0.6) is 0 Å². The standard InChI is InChI=1S/C19H36O6.2C18H36O5.C17H36O4.C16H32O4.C14H28O3.C11H22O2/c1-16(2)17(20)6-8-22-10-12-24-14-15-25-13-11-23-9-7-18(21)19(3,4)5;2*1-16(2)17(19)6-8-20-10-12-22-14-15-23-13-11-21-9-7-18(3,4)5;1-16(2)6-8-18-10-12-20-14-15-21-13-11-19-9-7-17(3,4)5;1-14(2)15(17)6-8-18-10-12-20-13-11-19-9-7-16(3,4)5;1-12(2)13(15)6-8-16-10-11-17-9-7-14(3,4)5;1-9(2)5-7-13-8-6-11(12)10(3)4/h16H,6-15H2,1-5H3;2*16H,6-15H2,1-5H3;16H,6-15H2,1-5H3;14H,6-13H2,1-5H3;12H,6-11H2,1-5H3;9-10H,5-8H2,1-4H3. The van der Waals surface area contributed by atoms with E-state index in [9.17, 15) is 33.6 Å². The van der Waals surface area contributed by atoms with Gasteiger partial charge in [0, 0.05) is 132 Å². The maximum Gasteiger partial charge on any atom is 0.140 e. The summed E-state index contributed by atoms with van der Waals surface area (Å²) < 4.78 is 119. The molecule has 0 saturated heterocycles. The molecule has 0 aromatic rings. The van der Waals surface area contributed by atoms with E-state index < -0.39 is 0 Å². The zero-order chi connectivity index (χ0) is 109. The average Bonchev–Trinajstić information content (AvgIpc) is 0.918. The van der Waals surface area contributed by atoms with Crippen LogP contribution in [0.2, 0.25) is 0 Å². The fraction of sp³-hybridized carbons (Fsp3) is 0.938. The molecule has 0 aromatic carbocycles. The van der Waals surface area contributed by atoms with Gasteiger partial charge in [-0.2, -0.15) is 0 Å². The highest BCUT2D eigenvalue weighted by atomic mass is 16.6. The van der Waals surface area contributed by atoms with E-state index in [-0.39, 0.29) is 75.6 Å². The summed E-state index contributed by atoms with van der Waals surface area (Å²) in [7, 11) is 0. The van der Waals surface area contributed by atoms with Gasteiger partial charge in [-0.05, 0) is 83.9 Å². The normalized spacial score (nSPS) is 12.0. The van der Waals surface area contributed by atoms with Crippen molar-refractivity contribution in [1.29, 1.82) is 0 Å². The molecule has 852 valence electrons. The summed E-state index contributed by atoms with van der Waals surface area (Å²) in [6.45, 7) is 96.5. The van der Waals surface area contributed by atoms with Gasteiger partial charge in [-0.3, -0.25) is 33.6 Å². The van der Waals surface area contributed by atoms with Crippen molar-refractivity contribution in [2.45, 2.75) is 325 Å². The van der Waals surface area contributed by atoms with Crippen LogP contribution in [0.1, 0.15) is 325 Å². The minimum absolute atomic E-state index is 0.0694. The zero-order valence-electron chi connectivity index (χ0n) is 98.0. The molecule has 0 bridgehead atoms. The summed E-state index contributed by atoms with van der Waals surface area (Å²) >= 11 is 0. The largest absolute Gasteiger partial charge is 0.381 e. The number of hydrogen-bond donors (Lipinski definition) is 0. The van der Waals surface area contributed by atoms with Gasteiger partial charge >= 0.3 is 0 Å². The third-order valence-corrected chi connectivity index (χ3v) is 20.4. The fourth-order valence-corrected chi connectivity index (χ4v) is 9.85. The highest BCUT2D eigenvalue weighted by molar-refractivity contribution is 5.84. The van der Waals surface area contributed by atoms with Crippen LogP contribution < -0.4 is 0 Å². The highest BCUT2D eigenvalue weighted by Gasteiger charge is 2.21. The van der Waals surface area contributed by atoms with Crippen LogP contribution in [0, 0.1) is 79.8 Å². The van der Waals surface area contributed by atoms with E-state index in [2.05, 4.69) is 132 Å². The lowest BCUT2D eigenvalue weighted by Gasteiger charge is -2.17. The van der Waals surface area contributed by atoms with E-state index in [1.165, 1.54) is 0 Å². The van der Waals surface area contributed by atoms with Crippen molar-refractivity contribution in [1.82, 2.24) is 0 Å². The van der Waals surface area contributed by atoms with Gasteiger partial charge in [0.25, 0.3) is 0 Å². The first kappa shape index (κ1) is 152. The maximum absolute atomic E-state index is 11.7. The Labute approximate surface area is 869 Å². The lowest BCUT2D eigenvalue weighted by molar-refractivity contribution is -0.127. The molecule has 0 unspecified atom stereocenters. The van der Waals surface area contributed by atoms with Gasteiger partial charge in [0.2, 0.25) is 0 Å². The Morgan fingerprint density at radius 1 is 0.148 bits per heavy atom. The van der Waals surface area contributed by atoms with Crippen LogP contribution in [0.15, 0.2) is 0 Å². The Bertz CT molecular complexity index is 2680. The molecule has 0 rings (SSSR count).